The predicted molar refractivity (Wildman–Crippen MR) is 44.5 cm³/mol. The van der Waals surface area contributed by atoms with E-state index < -0.39 is 0 Å². The van der Waals surface area contributed by atoms with E-state index in [-0.39, 0.29) is 19.1 Å². The molecule has 0 aromatic carbocycles. The van der Waals surface area contributed by atoms with E-state index in [4.69, 9.17) is 10.2 Å². The van der Waals surface area contributed by atoms with E-state index in [9.17, 15) is 4.79 Å². The minimum Gasteiger partial charge on any atom is -0.396 e. The van der Waals surface area contributed by atoms with Crippen LogP contribution in [-0.4, -0.2) is 47.4 Å². The summed E-state index contributed by atoms with van der Waals surface area (Å²) in [6, 6.07) is 0. The summed E-state index contributed by atoms with van der Waals surface area (Å²) in [5.41, 5.74) is 0. The van der Waals surface area contributed by atoms with Gasteiger partial charge in [-0.25, -0.2) is 0 Å². The fraction of sp³-hybridized carbons (Fsp3) is 0.833. The van der Waals surface area contributed by atoms with Gasteiger partial charge in [0.15, 0.2) is 0 Å². The van der Waals surface area contributed by atoms with Crippen LogP contribution in [0, 0.1) is 0 Å². The molecule has 0 bridgehead atoms. The standard InChI is InChI=1S/C6H13NO3S/c8-2-1-7-6(10)5-11-4-3-9/h8-9H,1-5H2,(H,7,10). The minimum atomic E-state index is -0.0995. The van der Waals surface area contributed by atoms with Gasteiger partial charge in [-0.3, -0.25) is 4.79 Å². The highest BCUT2D eigenvalue weighted by Crippen LogP contribution is 1.96. The minimum absolute atomic E-state index is 0.0313. The SMILES string of the molecule is O=C(CSCCO)NCCO. The maximum atomic E-state index is 10.8. The molecule has 0 aromatic rings. The van der Waals surface area contributed by atoms with Crippen LogP contribution in [0.3, 0.4) is 0 Å². The van der Waals surface area contributed by atoms with Crippen LogP contribution in [0.25, 0.3) is 0 Å². The molecule has 4 nitrogen and oxygen atoms in total. The van der Waals surface area contributed by atoms with Crippen molar-refractivity contribution in [3.8, 4) is 0 Å². The Kier molecular flexibility index (Phi) is 7.66. The van der Waals surface area contributed by atoms with Crippen LogP contribution in [0.4, 0.5) is 0 Å². The van der Waals surface area contributed by atoms with E-state index in [0.717, 1.165) is 0 Å². The lowest BCUT2D eigenvalue weighted by Gasteiger charge is -2.00. The highest BCUT2D eigenvalue weighted by atomic mass is 32.2. The van der Waals surface area contributed by atoms with Crippen molar-refractivity contribution >= 4 is 17.7 Å². The average molecular weight is 179 g/mol. The Morgan fingerprint density at radius 1 is 1.36 bits per heavy atom. The molecule has 1 amide bonds. The van der Waals surface area contributed by atoms with Crippen molar-refractivity contribution in [2.24, 2.45) is 0 Å². The molecule has 0 aliphatic carbocycles. The lowest BCUT2D eigenvalue weighted by atomic mass is 10.6. The average Bonchev–Trinajstić information content (AvgIpc) is 2.01. The molecule has 0 saturated heterocycles. The number of hydrogen-bond acceptors (Lipinski definition) is 4. The zero-order valence-electron chi connectivity index (χ0n) is 6.25. The Morgan fingerprint density at radius 3 is 2.64 bits per heavy atom. The first kappa shape index (κ1) is 10.7. The fourth-order valence-electron chi connectivity index (χ4n) is 0.476. The molecule has 11 heavy (non-hydrogen) atoms. The molecule has 0 spiro atoms. The second-order valence-corrected chi connectivity index (χ2v) is 2.95. The number of aliphatic hydroxyl groups excluding tert-OH is 2. The van der Waals surface area contributed by atoms with Crippen LogP contribution in [0.1, 0.15) is 0 Å². The first-order valence-corrected chi connectivity index (χ1v) is 4.53. The van der Waals surface area contributed by atoms with Crippen LogP contribution >= 0.6 is 11.8 Å². The third-order valence-corrected chi connectivity index (χ3v) is 1.84. The summed E-state index contributed by atoms with van der Waals surface area (Å²) in [7, 11) is 0. The smallest absolute Gasteiger partial charge is 0.230 e. The lowest BCUT2D eigenvalue weighted by Crippen LogP contribution is -2.28. The highest BCUT2D eigenvalue weighted by molar-refractivity contribution is 7.99. The summed E-state index contributed by atoms with van der Waals surface area (Å²) in [5.74, 6) is 0.824. The number of aliphatic hydroxyl groups is 2. The molecule has 0 atom stereocenters. The van der Waals surface area contributed by atoms with Gasteiger partial charge in [0.05, 0.1) is 19.0 Å². The molecule has 66 valence electrons. The number of hydrogen-bond donors (Lipinski definition) is 3. The number of rotatable bonds is 6. The molecule has 0 radical (unpaired) electrons. The van der Waals surface area contributed by atoms with Crippen molar-refractivity contribution in [2.45, 2.75) is 0 Å². The molecule has 0 heterocycles. The number of carbonyl (C=O) groups is 1. The van der Waals surface area contributed by atoms with Crippen molar-refractivity contribution in [2.75, 3.05) is 31.3 Å². The third-order valence-electron chi connectivity index (χ3n) is 0.903. The molecule has 0 aromatic heterocycles. The maximum Gasteiger partial charge on any atom is 0.230 e. The van der Waals surface area contributed by atoms with Crippen LogP contribution in [-0.2, 0) is 4.79 Å². The molecule has 0 unspecified atom stereocenters. The van der Waals surface area contributed by atoms with Gasteiger partial charge in [0.2, 0.25) is 5.91 Å². The van der Waals surface area contributed by atoms with Gasteiger partial charge in [0, 0.05) is 12.3 Å². The molecule has 0 saturated carbocycles. The van der Waals surface area contributed by atoms with Gasteiger partial charge in [0.1, 0.15) is 0 Å². The summed E-state index contributed by atoms with van der Waals surface area (Å²) in [6.45, 7) is 0.368. The highest BCUT2D eigenvalue weighted by Gasteiger charge is 1.98. The molecule has 0 aliphatic rings. The first-order chi connectivity index (χ1) is 5.31. The molecule has 5 heteroatoms. The largest absolute Gasteiger partial charge is 0.396 e. The summed E-state index contributed by atoms with van der Waals surface area (Å²) < 4.78 is 0. The summed E-state index contributed by atoms with van der Waals surface area (Å²) in [4.78, 5) is 10.8. The van der Waals surface area contributed by atoms with Gasteiger partial charge in [-0.1, -0.05) is 0 Å². The zero-order valence-corrected chi connectivity index (χ0v) is 7.06. The van der Waals surface area contributed by atoms with E-state index >= 15 is 0 Å². The predicted octanol–water partition coefficient (Wildman–Crippen LogP) is -1.18. The number of carbonyl (C=O) groups excluding carboxylic acids is 1. The topological polar surface area (TPSA) is 69.6 Å². The van der Waals surface area contributed by atoms with Gasteiger partial charge in [0.25, 0.3) is 0 Å². The van der Waals surface area contributed by atoms with Crippen molar-refractivity contribution in [3.05, 3.63) is 0 Å². The second kappa shape index (κ2) is 7.84. The van der Waals surface area contributed by atoms with Crippen molar-refractivity contribution < 1.29 is 15.0 Å². The van der Waals surface area contributed by atoms with Crippen molar-refractivity contribution in [1.29, 1.82) is 0 Å². The molecular formula is C6H13NO3S. The van der Waals surface area contributed by atoms with E-state index in [1.165, 1.54) is 11.8 Å². The van der Waals surface area contributed by atoms with Gasteiger partial charge in [-0.2, -0.15) is 0 Å². The van der Waals surface area contributed by atoms with E-state index in [2.05, 4.69) is 5.32 Å². The second-order valence-electron chi connectivity index (χ2n) is 1.85. The van der Waals surface area contributed by atoms with Gasteiger partial charge in [-0.05, 0) is 0 Å². The van der Waals surface area contributed by atoms with Crippen LogP contribution in [0.2, 0.25) is 0 Å². The fourth-order valence-corrected chi connectivity index (χ4v) is 1.04. The molecule has 0 aliphatic heterocycles. The quantitative estimate of drug-likeness (QED) is 0.449. The number of nitrogens with one attached hydrogen (secondary N) is 1. The van der Waals surface area contributed by atoms with E-state index in [0.29, 0.717) is 18.1 Å². The Balaban J connectivity index is 3.09. The zero-order chi connectivity index (χ0) is 8.53. The summed E-state index contributed by atoms with van der Waals surface area (Å²) in [5, 5.41) is 19.2. The summed E-state index contributed by atoms with van der Waals surface area (Å²) in [6.07, 6.45) is 0. The van der Waals surface area contributed by atoms with Crippen LogP contribution in [0.15, 0.2) is 0 Å². The van der Waals surface area contributed by atoms with Crippen LogP contribution < -0.4 is 5.32 Å². The number of amides is 1. The normalized spacial score (nSPS) is 9.64. The van der Waals surface area contributed by atoms with Crippen molar-refractivity contribution in [3.63, 3.8) is 0 Å². The van der Waals surface area contributed by atoms with Gasteiger partial charge in [-0.15, -0.1) is 11.8 Å². The Labute approximate surface area is 70.0 Å². The monoisotopic (exact) mass is 179 g/mol. The van der Waals surface area contributed by atoms with Crippen LogP contribution in [0.5, 0.6) is 0 Å². The Bertz CT molecular complexity index is 110. The molecular weight excluding hydrogens is 166 g/mol. The van der Waals surface area contributed by atoms with Crippen molar-refractivity contribution in [1.82, 2.24) is 5.32 Å². The first-order valence-electron chi connectivity index (χ1n) is 3.37. The summed E-state index contributed by atoms with van der Waals surface area (Å²) >= 11 is 1.37. The van der Waals surface area contributed by atoms with Gasteiger partial charge < -0.3 is 15.5 Å². The van der Waals surface area contributed by atoms with E-state index in [1.54, 1.807) is 0 Å². The molecule has 0 rings (SSSR count). The maximum absolute atomic E-state index is 10.8. The number of thioether (sulfide) groups is 1. The molecule has 0 fully saturated rings. The van der Waals surface area contributed by atoms with Gasteiger partial charge >= 0.3 is 0 Å². The Hall–Kier alpha value is -0.260. The lowest BCUT2D eigenvalue weighted by molar-refractivity contribution is -0.118. The third kappa shape index (κ3) is 7.64. The molecule has 3 N–H and O–H groups in total. The van der Waals surface area contributed by atoms with E-state index in [1.807, 2.05) is 0 Å². The Morgan fingerprint density at radius 2 is 2.09 bits per heavy atom.